The molecule has 5 heteroatoms. The predicted molar refractivity (Wildman–Crippen MR) is 133 cm³/mol. The molecule has 2 aliphatic rings. The quantitative estimate of drug-likeness (QED) is 0.355. The minimum Gasteiger partial charge on any atom is -0.485 e. The van der Waals surface area contributed by atoms with Crippen LogP contribution in [0.1, 0.15) is 93.9 Å². The minimum atomic E-state index is -4.05. The van der Waals surface area contributed by atoms with E-state index in [9.17, 15) is 18.0 Å². The molecule has 2 nitrogen and oxygen atoms in total. The van der Waals surface area contributed by atoms with Gasteiger partial charge >= 0.3 is 6.18 Å². The maximum atomic E-state index is 12.6. The van der Waals surface area contributed by atoms with Gasteiger partial charge in [-0.2, -0.15) is 13.2 Å². The van der Waals surface area contributed by atoms with Crippen molar-refractivity contribution in [3.63, 3.8) is 0 Å². The second kappa shape index (κ2) is 11.2. The summed E-state index contributed by atoms with van der Waals surface area (Å²) in [7, 11) is 0. The van der Waals surface area contributed by atoms with Crippen molar-refractivity contribution >= 4 is 5.78 Å². The maximum absolute atomic E-state index is 12.6. The van der Waals surface area contributed by atoms with Crippen LogP contribution in [0.2, 0.25) is 0 Å². The van der Waals surface area contributed by atoms with Gasteiger partial charge in [0.1, 0.15) is 17.6 Å². The van der Waals surface area contributed by atoms with Crippen LogP contribution in [0.3, 0.4) is 0 Å². The molecule has 5 atom stereocenters. The van der Waals surface area contributed by atoms with Crippen molar-refractivity contribution in [3.05, 3.63) is 65.2 Å². The molecule has 1 fully saturated rings. The fraction of sp³-hybridized carbons (Fsp3) is 0.567. The van der Waals surface area contributed by atoms with Crippen LogP contribution in [0, 0.1) is 17.8 Å². The van der Waals surface area contributed by atoms with Gasteiger partial charge in [0, 0.05) is 18.3 Å². The summed E-state index contributed by atoms with van der Waals surface area (Å²) in [5.41, 5.74) is 3.53. The number of halogens is 3. The second-order valence-electron chi connectivity index (χ2n) is 10.7. The van der Waals surface area contributed by atoms with E-state index in [1.54, 1.807) is 6.92 Å². The third-order valence-corrected chi connectivity index (χ3v) is 8.10. The van der Waals surface area contributed by atoms with Crippen molar-refractivity contribution in [1.29, 1.82) is 0 Å². The molecule has 2 aromatic rings. The first kappa shape index (κ1) is 25.8. The van der Waals surface area contributed by atoms with Crippen molar-refractivity contribution in [2.75, 3.05) is 0 Å². The zero-order valence-corrected chi connectivity index (χ0v) is 20.8. The normalized spacial score (nSPS) is 25.2. The first-order valence-corrected chi connectivity index (χ1v) is 13.1. The minimum absolute atomic E-state index is 0.0420. The van der Waals surface area contributed by atoms with Gasteiger partial charge in [0.25, 0.3) is 0 Å². The molecule has 0 bridgehead atoms. The van der Waals surface area contributed by atoms with Crippen LogP contribution in [0.4, 0.5) is 13.2 Å². The molecular formula is C30H37F3O2. The van der Waals surface area contributed by atoms with E-state index in [0.29, 0.717) is 24.2 Å². The predicted octanol–water partition coefficient (Wildman–Crippen LogP) is 8.60. The Morgan fingerprint density at radius 2 is 1.86 bits per heavy atom. The molecule has 2 unspecified atom stereocenters. The first-order valence-electron chi connectivity index (χ1n) is 13.1. The van der Waals surface area contributed by atoms with E-state index < -0.39 is 12.6 Å². The lowest BCUT2D eigenvalue weighted by Crippen LogP contribution is -2.22. The number of ketones is 1. The third-order valence-electron chi connectivity index (χ3n) is 8.10. The summed E-state index contributed by atoms with van der Waals surface area (Å²) >= 11 is 0. The van der Waals surface area contributed by atoms with Crippen molar-refractivity contribution in [3.8, 4) is 5.75 Å². The van der Waals surface area contributed by atoms with Crippen LogP contribution in [0.15, 0.2) is 48.5 Å². The Bertz CT molecular complexity index is 999. The molecular weight excluding hydrogens is 449 g/mol. The average Bonchev–Trinajstić information content (AvgIpc) is 3.15. The van der Waals surface area contributed by atoms with Gasteiger partial charge in [-0.1, -0.05) is 69.0 Å². The Kier molecular flexibility index (Phi) is 8.23. The lowest BCUT2D eigenvalue weighted by atomic mass is 9.75. The molecule has 0 heterocycles. The van der Waals surface area contributed by atoms with Gasteiger partial charge in [-0.05, 0) is 73.3 Å². The van der Waals surface area contributed by atoms with E-state index in [4.69, 9.17) is 4.74 Å². The van der Waals surface area contributed by atoms with Crippen LogP contribution in [-0.4, -0.2) is 12.0 Å². The Morgan fingerprint density at radius 1 is 1.09 bits per heavy atom. The first-order chi connectivity index (χ1) is 16.7. The highest BCUT2D eigenvalue weighted by Crippen LogP contribution is 2.45. The van der Waals surface area contributed by atoms with Crippen molar-refractivity contribution < 1.29 is 22.7 Å². The van der Waals surface area contributed by atoms with Gasteiger partial charge in [0.15, 0.2) is 0 Å². The highest BCUT2D eigenvalue weighted by atomic mass is 19.4. The summed E-state index contributed by atoms with van der Waals surface area (Å²) in [4.78, 5) is 11.9. The van der Waals surface area contributed by atoms with Crippen LogP contribution in [-0.2, 0) is 11.2 Å². The summed E-state index contributed by atoms with van der Waals surface area (Å²) in [5, 5.41) is 0. The smallest absolute Gasteiger partial charge is 0.389 e. The highest BCUT2D eigenvalue weighted by Gasteiger charge is 2.37. The van der Waals surface area contributed by atoms with Crippen LogP contribution >= 0.6 is 0 Å². The Morgan fingerprint density at radius 3 is 2.63 bits per heavy atom. The van der Waals surface area contributed by atoms with Crippen LogP contribution < -0.4 is 4.74 Å². The molecule has 190 valence electrons. The molecule has 0 N–H and O–H groups in total. The number of carbonyl (C=O) groups excluding carboxylic acids is 1. The third kappa shape index (κ3) is 6.89. The SMILES string of the molecule is CC(=O)C(C)c1cccc(O[C@H]2c3ccccc3C[C@@H]2CC2CCC[C@@H](CCCC(F)(F)F)C2)c1. The maximum Gasteiger partial charge on any atom is 0.389 e. The summed E-state index contributed by atoms with van der Waals surface area (Å²) in [5.74, 6) is 2.05. The number of ether oxygens (including phenoxy) is 1. The van der Waals surface area contributed by atoms with Crippen LogP contribution in [0.25, 0.3) is 0 Å². The summed E-state index contributed by atoms with van der Waals surface area (Å²) in [6.45, 7) is 3.53. The average molecular weight is 487 g/mol. The van der Waals surface area contributed by atoms with Gasteiger partial charge in [-0.3, -0.25) is 4.79 Å². The van der Waals surface area contributed by atoms with E-state index in [2.05, 4.69) is 24.3 Å². The molecule has 0 saturated heterocycles. The topological polar surface area (TPSA) is 26.3 Å². The fourth-order valence-corrected chi connectivity index (χ4v) is 6.14. The number of fused-ring (bicyclic) bond motifs is 1. The molecule has 0 aliphatic heterocycles. The molecule has 1 saturated carbocycles. The Hall–Kier alpha value is -2.30. The summed E-state index contributed by atoms with van der Waals surface area (Å²) in [6, 6.07) is 16.3. The van der Waals surface area contributed by atoms with Crippen LogP contribution in [0.5, 0.6) is 5.75 Å². The molecule has 35 heavy (non-hydrogen) atoms. The standard InChI is InChI=1S/C30H37F3O2/c1-20(21(2)34)24-12-6-13-27(19-24)35-29-26(18-25-11-3-4-14-28(25)29)17-23-9-5-8-22(16-23)10-7-15-30(31,32)33/h3-4,6,11-14,19-20,22-23,26,29H,5,7-10,15-18H2,1-2H3/t20?,22-,23?,26-,29+/m0/s1. The number of Topliss-reactive ketones (excluding diaryl/α,β-unsaturated/α-hetero) is 1. The number of alkyl halides is 3. The zero-order valence-electron chi connectivity index (χ0n) is 20.8. The molecule has 0 spiro atoms. The largest absolute Gasteiger partial charge is 0.485 e. The molecule has 2 aliphatic carbocycles. The number of hydrogen-bond donors (Lipinski definition) is 0. The molecule has 0 aromatic heterocycles. The van der Waals surface area contributed by atoms with E-state index in [1.807, 2.05) is 31.2 Å². The summed E-state index contributed by atoms with van der Waals surface area (Å²) in [6.07, 6.45) is 2.54. The van der Waals surface area contributed by atoms with Crippen molar-refractivity contribution in [2.24, 2.45) is 17.8 Å². The molecule has 0 amide bonds. The second-order valence-corrected chi connectivity index (χ2v) is 10.7. The molecule has 4 rings (SSSR count). The highest BCUT2D eigenvalue weighted by molar-refractivity contribution is 5.83. The van der Waals surface area contributed by atoms with Gasteiger partial charge in [0.2, 0.25) is 0 Å². The summed E-state index contributed by atoms with van der Waals surface area (Å²) < 4.78 is 44.4. The van der Waals surface area contributed by atoms with Gasteiger partial charge in [-0.25, -0.2) is 0 Å². The van der Waals surface area contributed by atoms with E-state index >= 15 is 0 Å². The van der Waals surface area contributed by atoms with E-state index in [0.717, 1.165) is 49.8 Å². The Balaban J connectivity index is 1.44. The monoisotopic (exact) mass is 486 g/mol. The van der Waals surface area contributed by atoms with Crippen molar-refractivity contribution in [2.45, 2.75) is 89.8 Å². The lowest BCUT2D eigenvalue weighted by Gasteiger charge is -2.32. The van der Waals surface area contributed by atoms with E-state index in [1.165, 1.54) is 11.1 Å². The van der Waals surface area contributed by atoms with Gasteiger partial charge in [0.05, 0.1) is 0 Å². The zero-order chi connectivity index (χ0) is 25.0. The number of benzene rings is 2. The molecule has 0 radical (unpaired) electrons. The fourth-order valence-electron chi connectivity index (χ4n) is 6.14. The van der Waals surface area contributed by atoms with E-state index in [-0.39, 0.29) is 24.2 Å². The number of hydrogen-bond acceptors (Lipinski definition) is 2. The number of carbonyl (C=O) groups is 1. The lowest BCUT2D eigenvalue weighted by molar-refractivity contribution is -0.136. The Labute approximate surface area is 207 Å². The van der Waals surface area contributed by atoms with Gasteiger partial charge < -0.3 is 4.74 Å². The van der Waals surface area contributed by atoms with Crippen molar-refractivity contribution in [1.82, 2.24) is 0 Å². The van der Waals surface area contributed by atoms with Gasteiger partial charge in [-0.15, -0.1) is 0 Å². The number of rotatable bonds is 9. The molecule has 2 aromatic carbocycles.